The molecule has 3 saturated heterocycles. The molecule has 3 aliphatic rings. The van der Waals surface area contributed by atoms with Gasteiger partial charge in [-0.2, -0.15) is 0 Å². The summed E-state index contributed by atoms with van der Waals surface area (Å²) in [6, 6.07) is 1.11. The van der Waals surface area contributed by atoms with Gasteiger partial charge in [0.15, 0.2) is 0 Å². The number of likely N-dealkylation sites (N-methyl/N-ethyl adjacent to an activating group) is 1. The molecule has 2 atom stereocenters. The molecule has 0 aromatic rings. The van der Waals surface area contributed by atoms with E-state index in [1.54, 1.807) is 0 Å². The summed E-state index contributed by atoms with van der Waals surface area (Å²) in [5, 5.41) is 3.36. The van der Waals surface area contributed by atoms with Gasteiger partial charge in [0.1, 0.15) is 0 Å². The number of carbonyl (C=O) groups is 1. The SMILES string of the molecule is CNC1CCCN(C2CCN(C3CCOCC3)C2=O)C1.Cl. The fourth-order valence-corrected chi connectivity index (χ4v) is 3.91. The lowest BCUT2D eigenvalue weighted by molar-refractivity contribution is -0.136. The summed E-state index contributed by atoms with van der Waals surface area (Å²) < 4.78 is 5.41. The van der Waals surface area contributed by atoms with Gasteiger partial charge >= 0.3 is 0 Å². The van der Waals surface area contributed by atoms with E-state index in [0.29, 0.717) is 18.0 Å². The Morgan fingerprint density at radius 1 is 1.14 bits per heavy atom. The van der Waals surface area contributed by atoms with Crippen LogP contribution >= 0.6 is 12.4 Å². The first kappa shape index (κ1) is 17.0. The van der Waals surface area contributed by atoms with Gasteiger partial charge in [-0.05, 0) is 45.7 Å². The van der Waals surface area contributed by atoms with Crippen LogP contribution < -0.4 is 5.32 Å². The second-order valence-electron chi connectivity index (χ2n) is 6.30. The molecule has 1 N–H and O–H groups in total. The van der Waals surface area contributed by atoms with E-state index in [-0.39, 0.29) is 18.4 Å². The number of hydrogen-bond donors (Lipinski definition) is 1. The zero-order chi connectivity index (χ0) is 13.9. The highest BCUT2D eigenvalue weighted by Gasteiger charge is 2.40. The molecule has 3 aliphatic heterocycles. The summed E-state index contributed by atoms with van der Waals surface area (Å²) in [6.45, 7) is 4.66. The number of halogens is 1. The van der Waals surface area contributed by atoms with E-state index >= 15 is 0 Å². The maximum Gasteiger partial charge on any atom is 0.240 e. The van der Waals surface area contributed by atoms with E-state index in [1.807, 2.05) is 7.05 Å². The van der Waals surface area contributed by atoms with Crippen molar-refractivity contribution in [3.05, 3.63) is 0 Å². The van der Waals surface area contributed by atoms with E-state index in [2.05, 4.69) is 15.1 Å². The summed E-state index contributed by atoms with van der Waals surface area (Å²) in [7, 11) is 2.03. The molecule has 6 heteroatoms. The normalized spacial score (nSPS) is 32.2. The number of amides is 1. The average molecular weight is 318 g/mol. The van der Waals surface area contributed by atoms with Crippen molar-refractivity contribution in [2.75, 3.05) is 39.9 Å². The smallest absolute Gasteiger partial charge is 0.240 e. The van der Waals surface area contributed by atoms with Crippen LogP contribution in [0, 0.1) is 0 Å². The monoisotopic (exact) mass is 317 g/mol. The first-order valence-electron chi connectivity index (χ1n) is 8.09. The van der Waals surface area contributed by atoms with Crippen LogP contribution in [-0.4, -0.2) is 73.7 Å². The third kappa shape index (κ3) is 3.70. The van der Waals surface area contributed by atoms with Gasteiger partial charge in [0, 0.05) is 38.4 Å². The Hall–Kier alpha value is -0.360. The van der Waals surface area contributed by atoms with Gasteiger partial charge in [0.2, 0.25) is 5.91 Å². The number of hydrogen-bond acceptors (Lipinski definition) is 4. The molecule has 0 aromatic carbocycles. The summed E-state index contributed by atoms with van der Waals surface area (Å²) in [5.74, 6) is 0.369. The summed E-state index contributed by atoms with van der Waals surface area (Å²) in [4.78, 5) is 17.3. The molecule has 0 aliphatic carbocycles. The van der Waals surface area contributed by atoms with Gasteiger partial charge in [-0.15, -0.1) is 12.4 Å². The van der Waals surface area contributed by atoms with Crippen molar-refractivity contribution in [1.82, 2.24) is 15.1 Å². The van der Waals surface area contributed by atoms with Crippen molar-refractivity contribution >= 4 is 18.3 Å². The van der Waals surface area contributed by atoms with Gasteiger partial charge in [-0.25, -0.2) is 0 Å². The standard InChI is InChI=1S/C15H27N3O2.ClH/c1-16-12-3-2-7-17(11-12)14-4-8-18(15(14)19)13-5-9-20-10-6-13;/h12-14,16H,2-11H2,1H3;1H. The number of rotatable bonds is 3. The average Bonchev–Trinajstić information content (AvgIpc) is 2.90. The molecular formula is C15H28ClN3O2. The predicted molar refractivity (Wildman–Crippen MR) is 84.9 cm³/mol. The van der Waals surface area contributed by atoms with Crippen LogP contribution in [0.2, 0.25) is 0 Å². The Bertz CT molecular complexity index is 350. The fraction of sp³-hybridized carbons (Fsp3) is 0.933. The highest BCUT2D eigenvalue weighted by atomic mass is 35.5. The van der Waals surface area contributed by atoms with Crippen LogP contribution in [0.4, 0.5) is 0 Å². The lowest BCUT2D eigenvalue weighted by Crippen LogP contribution is -2.52. The molecule has 3 fully saturated rings. The van der Waals surface area contributed by atoms with Crippen molar-refractivity contribution in [1.29, 1.82) is 0 Å². The van der Waals surface area contributed by atoms with E-state index in [1.165, 1.54) is 12.8 Å². The van der Waals surface area contributed by atoms with Gasteiger partial charge in [0.05, 0.1) is 6.04 Å². The molecule has 0 bridgehead atoms. The molecule has 2 unspecified atom stereocenters. The number of piperidine rings is 1. The van der Waals surface area contributed by atoms with Gasteiger partial charge in [-0.1, -0.05) is 0 Å². The zero-order valence-corrected chi connectivity index (χ0v) is 13.7. The van der Waals surface area contributed by atoms with Gasteiger partial charge < -0.3 is 15.0 Å². The lowest BCUT2D eigenvalue weighted by Gasteiger charge is -2.36. The molecule has 0 aromatic heterocycles. The van der Waals surface area contributed by atoms with Crippen LogP contribution in [0.15, 0.2) is 0 Å². The highest BCUT2D eigenvalue weighted by molar-refractivity contribution is 5.85. The third-order valence-corrected chi connectivity index (χ3v) is 5.15. The summed E-state index contributed by atoms with van der Waals surface area (Å²) in [5.41, 5.74) is 0. The molecule has 5 nitrogen and oxygen atoms in total. The number of ether oxygens (including phenoxy) is 1. The number of nitrogens with one attached hydrogen (secondary N) is 1. The van der Waals surface area contributed by atoms with E-state index < -0.39 is 0 Å². The molecule has 0 radical (unpaired) electrons. The van der Waals surface area contributed by atoms with Crippen molar-refractivity contribution in [3.8, 4) is 0 Å². The molecule has 21 heavy (non-hydrogen) atoms. The second-order valence-corrected chi connectivity index (χ2v) is 6.30. The Labute approximate surface area is 133 Å². The highest BCUT2D eigenvalue weighted by Crippen LogP contribution is 2.26. The fourth-order valence-electron chi connectivity index (χ4n) is 3.91. The maximum absolute atomic E-state index is 12.7. The zero-order valence-electron chi connectivity index (χ0n) is 12.9. The molecule has 0 spiro atoms. The van der Waals surface area contributed by atoms with Crippen molar-refractivity contribution in [3.63, 3.8) is 0 Å². The van der Waals surface area contributed by atoms with Crippen LogP contribution in [0.25, 0.3) is 0 Å². The molecular weight excluding hydrogens is 290 g/mol. The van der Waals surface area contributed by atoms with Crippen LogP contribution in [0.1, 0.15) is 32.1 Å². The number of likely N-dealkylation sites (tertiary alicyclic amines) is 2. The number of nitrogens with zero attached hydrogens (tertiary/aromatic N) is 2. The predicted octanol–water partition coefficient (Wildman–Crippen LogP) is 0.872. The minimum absolute atomic E-state index is 0. The van der Waals surface area contributed by atoms with Gasteiger partial charge in [-0.3, -0.25) is 9.69 Å². The minimum atomic E-state index is 0. The van der Waals surface area contributed by atoms with Crippen molar-refractivity contribution < 1.29 is 9.53 Å². The molecule has 0 saturated carbocycles. The Morgan fingerprint density at radius 3 is 2.62 bits per heavy atom. The maximum atomic E-state index is 12.7. The molecule has 122 valence electrons. The second kappa shape index (κ2) is 7.77. The third-order valence-electron chi connectivity index (χ3n) is 5.15. The topological polar surface area (TPSA) is 44.8 Å². The van der Waals surface area contributed by atoms with Crippen molar-refractivity contribution in [2.24, 2.45) is 0 Å². The van der Waals surface area contributed by atoms with E-state index in [4.69, 9.17) is 4.74 Å². The quantitative estimate of drug-likeness (QED) is 0.839. The number of carbonyl (C=O) groups excluding carboxylic acids is 1. The van der Waals surface area contributed by atoms with Crippen LogP contribution in [0.5, 0.6) is 0 Å². The Balaban J connectivity index is 0.00000161. The minimum Gasteiger partial charge on any atom is -0.381 e. The van der Waals surface area contributed by atoms with Gasteiger partial charge in [0.25, 0.3) is 0 Å². The van der Waals surface area contributed by atoms with E-state index in [0.717, 1.165) is 52.1 Å². The van der Waals surface area contributed by atoms with Crippen LogP contribution in [-0.2, 0) is 9.53 Å². The summed E-state index contributed by atoms with van der Waals surface area (Å²) in [6.07, 6.45) is 5.46. The molecule has 3 rings (SSSR count). The molecule has 3 heterocycles. The molecule has 1 amide bonds. The van der Waals surface area contributed by atoms with E-state index in [9.17, 15) is 4.79 Å². The Kier molecular flexibility index (Phi) is 6.29. The first-order valence-corrected chi connectivity index (χ1v) is 8.09. The van der Waals surface area contributed by atoms with Crippen LogP contribution in [0.3, 0.4) is 0 Å². The van der Waals surface area contributed by atoms with Crippen molar-refractivity contribution in [2.45, 2.75) is 50.2 Å². The first-order chi connectivity index (χ1) is 9.79. The largest absolute Gasteiger partial charge is 0.381 e. The summed E-state index contributed by atoms with van der Waals surface area (Å²) >= 11 is 0. The lowest BCUT2D eigenvalue weighted by atomic mass is 10.0. The Morgan fingerprint density at radius 2 is 1.90 bits per heavy atom.